The minimum absolute atomic E-state index is 0.0531. The molecule has 3 nitrogen and oxygen atoms in total. The number of rotatable bonds is 2. The first kappa shape index (κ1) is 12.1. The van der Waals surface area contributed by atoms with E-state index in [-0.39, 0.29) is 11.9 Å². The third kappa shape index (κ3) is 2.34. The summed E-state index contributed by atoms with van der Waals surface area (Å²) in [6.45, 7) is 4.82. The highest BCUT2D eigenvalue weighted by Crippen LogP contribution is 2.28. The van der Waals surface area contributed by atoms with Crippen LogP contribution in [0.2, 0.25) is 0 Å². The van der Waals surface area contributed by atoms with Gasteiger partial charge in [-0.25, -0.2) is 0 Å². The molecule has 1 amide bonds. The molecule has 0 saturated carbocycles. The molecule has 17 heavy (non-hydrogen) atoms. The SMILES string of the molecule is CC[C@@H](N)C(=O)N1CCCc2cc(C)ccc21. The van der Waals surface area contributed by atoms with E-state index in [1.54, 1.807) is 0 Å². The molecule has 0 aliphatic carbocycles. The lowest BCUT2D eigenvalue weighted by molar-refractivity contribution is -0.120. The fraction of sp³-hybridized carbons (Fsp3) is 0.500. The van der Waals surface area contributed by atoms with Crippen LogP contribution in [0.15, 0.2) is 18.2 Å². The molecule has 0 radical (unpaired) electrons. The van der Waals surface area contributed by atoms with E-state index in [4.69, 9.17) is 5.73 Å². The van der Waals surface area contributed by atoms with Crippen LogP contribution >= 0.6 is 0 Å². The summed E-state index contributed by atoms with van der Waals surface area (Å²) in [6, 6.07) is 5.90. The van der Waals surface area contributed by atoms with Crippen molar-refractivity contribution in [3.05, 3.63) is 29.3 Å². The van der Waals surface area contributed by atoms with Gasteiger partial charge in [0.25, 0.3) is 0 Å². The van der Waals surface area contributed by atoms with Crippen LogP contribution in [0, 0.1) is 6.92 Å². The fourth-order valence-electron chi connectivity index (χ4n) is 2.33. The summed E-state index contributed by atoms with van der Waals surface area (Å²) >= 11 is 0. The Morgan fingerprint density at radius 1 is 1.53 bits per heavy atom. The van der Waals surface area contributed by atoms with Crippen LogP contribution in [0.3, 0.4) is 0 Å². The molecule has 3 heteroatoms. The molecule has 92 valence electrons. The van der Waals surface area contributed by atoms with Gasteiger partial charge in [-0.15, -0.1) is 0 Å². The largest absolute Gasteiger partial charge is 0.320 e. The van der Waals surface area contributed by atoms with Gasteiger partial charge in [-0.05, 0) is 37.8 Å². The van der Waals surface area contributed by atoms with Crippen LogP contribution in [-0.2, 0) is 11.2 Å². The molecule has 0 spiro atoms. The van der Waals surface area contributed by atoms with Crippen molar-refractivity contribution in [1.82, 2.24) is 0 Å². The monoisotopic (exact) mass is 232 g/mol. The molecular weight excluding hydrogens is 212 g/mol. The number of nitrogens with zero attached hydrogens (tertiary/aromatic N) is 1. The minimum Gasteiger partial charge on any atom is -0.320 e. The van der Waals surface area contributed by atoms with Gasteiger partial charge in [-0.2, -0.15) is 0 Å². The van der Waals surface area contributed by atoms with Gasteiger partial charge in [0.1, 0.15) is 0 Å². The van der Waals surface area contributed by atoms with Crippen LogP contribution in [0.5, 0.6) is 0 Å². The zero-order valence-electron chi connectivity index (χ0n) is 10.6. The average molecular weight is 232 g/mol. The third-order valence-corrected chi connectivity index (χ3v) is 3.38. The Morgan fingerprint density at radius 3 is 3.00 bits per heavy atom. The number of carbonyl (C=O) groups is 1. The summed E-state index contributed by atoms with van der Waals surface area (Å²) in [4.78, 5) is 14.0. The van der Waals surface area contributed by atoms with Crippen molar-refractivity contribution in [3.8, 4) is 0 Å². The minimum atomic E-state index is -0.373. The lowest BCUT2D eigenvalue weighted by Gasteiger charge is -2.31. The van der Waals surface area contributed by atoms with Gasteiger partial charge in [0, 0.05) is 12.2 Å². The van der Waals surface area contributed by atoms with E-state index in [1.807, 2.05) is 17.9 Å². The summed E-state index contributed by atoms with van der Waals surface area (Å²) in [5.41, 5.74) is 9.41. The van der Waals surface area contributed by atoms with Crippen molar-refractivity contribution in [2.45, 2.75) is 39.2 Å². The number of hydrogen-bond acceptors (Lipinski definition) is 2. The molecule has 0 unspecified atom stereocenters. The van der Waals surface area contributed by atoms with Crippen molar-refractivity contribution in [2.24, 2.45) is 5.73 Å². The van der Waals surface area contributed by atoms with Gasteiger partial charge in [0.15, 0.2) is 0 Å². The first-order valence-electron chi connectivity index (χ1n) is 6.30. The van der Waals surface area contributed by atoms with Gasteiger partial charge < -0.3 is 10.6 Å². The maximum absolute atomic E-state index is 12.2. The molecule has 1 aromatic rings. The second-order valence-electron chi connectivity index (χ2n) is 4.74. The second-order valence-corrected chi connectivity index (χ2v) is 4.74. The zero-order chi connectivity index (χ0) is 12.4. The molecule has 1 aromatic carbocycles. The lowest BCUT2D eigenvalue weighted by atomic mass is 9.99. The Bertz CT molecular complexity index is 428. The number of carbonyl (C=O) groups excluding carboxylic acids is 1. The number of amides is 1. The predicted octanol–water partition coefficient (Wildman–Crippen LogP) is 2.01. The molecule has 0 fully saturated rings. The Balaban J connectivity index is 2.31. The van der Waals surface area contributed by atoms with E-state index in [0.29, 0.717) is 6.42 Å². The van der Waals surface area contributed by atoms with Crippen molar-refractivity contribution in [2.75, 3.05) is 11.4 Å². The molecule has 2 N–H and O–H groups in total. The first-order valence-corrected chi connectivity index (χ1v) is 6.30. The molecular formula is C14H20N2O. The maximum Gasteiger partial charge on any atom is 0.243 e. The molecule has 0 aromatic heterocycles. The molecule has 0 saturated heterocycles. The van der Waals surface area contributed by atoms with Crippen molar-refractivity contribution in [3.63, 3.8) is 0 Å². The summed E-state index contributed by atoms with van der Waals surface area (Å²) < 4.78 is 0. The molecule has 1 atom stereocenters. The van der Waals surface area contributed by atoms with Crippen LogP contribution in [0.25, 0.3) is 0 Å². The Labute approximate surface area is 103 Å². The van der Waals surface area contributed by atoms with E-state index in [2.05, 4.69) is 19.1 Å². The van der Waals surface area contributed by atoms with Crippen molar-refractivity contribution >= 4 is 11.6 Å². The average Bonchev–Trinajstić information content (AvgIpc) is 2.35. The Kier molecular flexibility index (Phi) is 3.48. The number of nitrogens with two attached hydrogens (primary N) is 1. The van der Waals surface area contributed by atoms with E-state index < -0.39 is 0 Å². The maximum atomic E-state index is 12.2. The topological polar surface area (TPSA) is 46.3 Å². The van der Waals surface area contributed by atoms with Crippen molar-refractivity contribution in [1.29, 1.82) is 0 Å². The summed E-state index contributed by atoms with van der Waals surface area (Å²) in [7, 11) is 0. The highest BCUT2D eigenvalue weighted by molar-refractivity contribution is 5.98. The Morgan fingerprint density at radius 2 is 2.29 bits per heavy atom. The molecule has 1 aliphatic rings. The van der Waals surface area contributed by atoms with Gasteiger partial charge in [0.2, 0.25) is 5.91 Å². The van der Waals surface area contributed by atoms with E-state index >= 15 is 0 Å². The van der Waals surface area contributed by atoms with Gasteiger partial charge in [-0.3, -0.25) is 4.79 Å². The van der Waals surface area contributed by atoms with Gasteiger partial charge >= 0.3 is 0 Å². The summed E-state index contributed by atoms with van der Waals surface area (Å²) in [5, 5.41) is 0. The third-order valence-electron chi connectivity index (χ3n) is 3.38. The number of aryl methyl sites for hydroxylation is 2. The molecule has 1 aliphatic heterocycles. The second kappa shape index (κ2) is 4.88. The van der Waals surface area contributed by atoms with Crippen LogP contribution in [0.4, 0.5) is 5.69 Å². The number of hydrogen-bond donors (Lipinski definition) is 1. The highest BCUT2D eigenvalue weighted by atomic mass is 16.2. The highest BCUT2D eigenvalue weighted by Gasteiger charge is 2.25. The van der Waals surface area contributed by atoms with Crippen LogP contribution in [0.1, 0.15) is 30.9 Å². The quantitative estimate of drug-likeness (QED) is 0.848. The summed E-state index contributed by atoms with van der Waals surface area (Å²) in [6.07, 6.45) is 2.78. The lowest BCUT2D eigenvalue weighted by Crippen LogP contribution is -2.45. The normalized spacial score (nSPS) is 16.5. The molecule has 1 heterocycles. The molecule has 2 rings (SSSR count). The van der Waals surface area contributed by atoms with Crippen LogP contribution in [-0.4, -0.2) is 18.5 Å². The fourth-order valence-corrected chi connectivity index (χ4v) is 2.33. The summed E-state index contributed by atoms with van der Waals surface area (Å²) in [5.74, 6) is 0.0531. The number of anilines is 1. The zero-order valence-corrected chi connectivity index (χ0v) is 10.6. The van der Waals surface area contributed by atoms with E-state index in [1.165, 1.54) is 11.1 Å². The van der Waals surface area contributed by atoms with Crippen molar-refractivity contribution < 1.29 is 4.79 Å². The van der Waals surface area contributed by atoms with Gasteiger partial charge in [0.05, 0.1) is 6.04 Å². The van der Waals surface area contributed by atoms with Crippen LogP contribution < -0.4 is 10.6 Å². The molecule has 0 bridgehead atoms. The first-order chi connectivity index (χ1) is 8.13. The van der Waals surface area contributed by atoms with E-state index in [0.717, 1.165) is 25.1 Å². The van der Waals surface area contributed by atoms with E-state index in [9.17, 15) is 4.79 Å². The Hall–Kier alpha value is -1.35. The van der Waals surface area contributed by atoms with Gasteiger partial charge in [-0.1, -0.05) is 24.6 Å². The number of benzene rings is 1. The standard InChI is InChI=1S/C14H20N2O/c1-3-12(15)14(17)16-8-4-5-11-9-10(2)6-7-13(11)16/h6-7,9,12H,3-5,8,15H2,1-2H3/t12-/m1/s1. The predicted molar refractivity (Wildman–Crippen MR) is 70.1 cm³/mol. The smallest absolute Gasteiger partial charge is 0.243 e. The number of fused-ring (bicyclic) bond motifs is 1.